The van der Waals surface area contributed by atoms with Crippen molar-refractivity contribution in [3.05, 3.63) is 101 Å². The van der Waals surface area contributed by atoms with Crippen LogP contribution < -0.4 is 0 Å². The van der Waals surface area contributed by atoms with E-state index >= 15 is 0 Å². The highest BCUT2D eigenvalue weighted by atomic mass is 14.7. The maximum absolute atomic E-state index is 4.68. The Bertz CT molecular complexity index is 708. The molecule has 0 N–H and O–H groups in total. The molecule has 0 saturated carbocycles. The summed E-state index contributed by atoms with van der Waals surface area (Å²) >= 11 is 0. The number of hydrogen-bond donors (Lipinski definition) is 0. The van der Waals surface area contributed by atoms with E-state index in [0.717, 1.165) is 6.42 Å². The molecule has 3 aromatic rings. The van der Waals surface area contributed by atoms with Crippen LogP contribution in [0, 0.1) is 6.92 Å². The summed E-state index contributed by atoms with van der Waals surface area (Å²) in [5.74, 6) is 0.887. The number of benzene rings is 2. The molecule has 2 aromatic carbocycles. The Morgan fingerprint density at radius 2 is 1.52 bits per heavy atom. The molecule has 0 aliphatic heterocycles. The van der Waals surface area contributed by atoms with Gasteiger partial charge in [-0.2, -0.15) is 0 Å². The van der Waals surface area contributed by atoms with Crippen molar-refractivity contribution in [1.82, 2.24) is 4.98 Å². The number of nitrogens with zero attached hydrogens (tertiary/aromatic N) is 1. The molecule has 0 saturated heterocycles. The summed E-state index contributed by atoms with van der Waals surface area (Å²) < 4.78 is 0. The van der Waals surface area contributed by atoms with Crippen molar-refractivity contribution < 1.29 is 0 Å². The molecule has 0 bridgehead atoms. The van der Waals surface area contributed by atoms with Gasteiger partial charge in [0.1, 0.15) is 0 Å². The molecule has 2 atom stereocenters. The second-order valence-electron chi connectivity index (χ2n) is 6.85. The summed E-state index contributed by atoms with van der Waals surface area (Å²) in [5.41, 5.74) is 5.30. The molecule has 1 heteroatoms. The summed E-state index contributed by atoms with van der Waals surface area (Å²) in [6.45, 7) is 4.43. The van der Waals surface area contributed by atoms with Crippen LogP contribution in [0.2, 0.25) is 0 Å². The Hall–Kier alpha value is -2.41. The lowest BCUT2D eigenvalue weighted by molar-refractivity contribution is 0.529. The molecule has 0 fully saturated rings. The zero-order valence-electron chi connectivity index (χ0n) is 15.2. The topological polar surface area (TPSA) is 12.9 Å². The number of rotatable bonds is 7. The summed E-state index contributed by atoms with van der Waals surface area (Å²) in [7, 11) is 0. The highest BCUT2D eigenvalue weighted by Crippen LogP contribution is 2.36. The minimum Gasteiger partial charge on any atom is -0.261 e. The fraction of sp³-hybridized carbons (Fsp3) is 0.292. The minimum atomic E-state index is 0.334. The van der Waals surface area contributed by atoms with E-state index in [1.807, 2.05) is 12.3 Å². The van der Waals surface area contributed by atoms with E-state index in [4.69, 9.17) is 0 Å². The molecule has 0 amide bonds. The maximum atomic E-state index is 4.68. The Labute approximate surface area is 151 Å². The van der Waals surface area contributed by atoms with Crippen LogP contribution in [-0.2, 0) is 0 Å². The number of hydrogen-bond acceptors (Lipinski definition) is 1. The normalized spacial score (nSPS) is 13.4. The van der Waals surface area contributed by atoms with Gasteiger partial charge in [0, 0.05) is 17.8 Å². The quantitative estimate of drug-likeness (QED) is 0.482. The lowest BCUT2D eigenvalue weighted by atomic mass is 9.81. The fourth-order valence-electron chi connectivity index (χ4n) is 3.59. The molecule has 25 heavy (non-hydrogen) atoms. The van der Waals surface area contributed by atoms with Crippen LogP contribution in [0.3, 0.4) is 0 Å². The van der Waals surface area contributed by atoms with E-state index in [1.54, 1.807) is 0 Å². The molecule has 1 aromatic heterocycles. The van der Waals surface area contributed by atoms with Gasteiger partial charge in [-0.15, -0.1) is 0 Å². The fourth-order valence-corrected chi connectivity index (χ4v) is 3.59. The van der Waals surface area contributed by atoms with Crippen molar-refractivity contribution in [2.24, 2.45) is 0 Å². The standard InChI is InChI=1S/C24H27N/c1-3-9-22(20-15-13-19(2)14-16-20)18-23(21-10-5-4-6-11-21)24-12-7-8-17-25-24/h4-8,10-17,22-23H,3,9,18H2,1-2H3. The van der Waals surface area contributed by atoms with Crippen molar-refractivity contribution in [3.8, 4) is 0 Å². The van der Waals surface area contributed by atoms with Gasteiger partial charge in [0.2, 0.25) is 0 Å². The van der Waals surface area contributed by atoms with Crippen LogP contribution >= 0.6 is 0 Å². The monoisotopic (exact) mass is 329 g/mol. The first kappa shape index (κ1) is 17.4. The minimum absolute atomic E-state index is 0.334. The van der Waals surface area contributed by atoms with Crippen LogP contribution in [0.1, 0.15) is 60.4 Å². The van der Waals surface area contributed by atoms with E-state index in [9.17, 15) is 0 Å². The molecule has 0 spiro atoms. The van der Waals surface area contributed by atoms with E-state index in [2.05, 4.69) is 85.6 Å². The van der Waals surface area contributed by atoms with Gasteiger partial charge < -0.3 is 0 Å². The molecule has 0 aliphatic carbocycles. The van der Waals surface area contributed by atoms with Gasteiger partial charge in [-0.25, -0.2) is 0 Å². The molecular weight excluding hydrogens is 302 g/mol. The van der Waals surface area contributed by atoms with Crippen LogP contribution in [0.4, 0.5) is 0 Å². The summed E-state index contributed by atoms with van der Waals surface area (Å²) in [6.07, 6.45) is 5.41. The first-order chi connectivity index (χ1) is 12.3. The number of aryl methyl sites for hydroxylation is 1. The number of pyridine rings is 1. The van der Waals surface area contributed by atoms with E-state index in [-0.39, 0.29) is 0 Å². The number of aromatic nitrogens is 1. The third kappa shape index (κ3) is 4.57. The van der Waals surface area contributed by atoms with Gasteiger partial charge in [0.05, 0.1) is 0 Å². The van der Waals surface area contributed by atoms with Crippen LogP contribution in [-0.4, -0.2) is 4.98 Å². The SMILES string of the molecule is CCCC(CC(c1ccccc1)c1ccccn1)c1ccc(C)cc1. The third-order valence-electron chi connectivity index (χ3n) is 4.95. The van der Waals surface area contributed by atoms with E-state index < -0.39 is 0 Å². The summed E-state index contributed by atoms with van der Waals surface area (Å²) in [4.78, 5) is 4.68. The van der Waals surface area contributed by atoms with Gasteiger partial charge in [-0.1, -0.05) is 79.6 Å². The molecule has 1 heterocycles. The molecular formula is C24H27N. The molecule has 2 unspecified atom stereocenters. The highest BCUT2D eigenvalue weighted by molar-refractivity contribution is 5.31. The van der Waals surface area contributed by atoms with Gasteiger partial charge in [0.25, 0.3) is 0 Å². The van der Waals surface area contributed by atoms with E-state index in [0.29, 0.717) is 11.8 Å². The van der Waals surface area contributed by atoms with Crippen molar-refractivity contribution in [2.75, 3.05) is 0 Å². The molecule has 0 aliphatic rings. The predicted molar refractivity (Wildman–Crippen MR) is 106 cm³/mol. The zero-order chi connectivity index (χ0) is 17.5. The smallest absolute Gasteiger partial charge is 0.0478 e. The van der Waals surface area contributed by atoms with E-state index in [1.165, 1.54) is 35.2 Å². The van der Waals surface area contributed by atoms with Crippen molar-refractivity contribution in [3.63, 3.8) is 0 Å². The first-order valence-electron chi connectivity index (χ1n) is 9.30. The van der Waals surface area contributed by atoms with Gasteiger partial charge >= 0.3 is 0 Å². The zero-order valence-corrected chi connectivity index (χ0v) is 15.2. The van der Waals surface area contributed by atoms with Gasteiger partial charge in [-0.05, 0) is 48.9 Å². The Morgan fingerprint density at radius 1 is 0.800 bits per heavy atom. The van der Waals surface area contributed by atoms with Gasteiger partial charge in [-0.3, -0.25) is 4.98 Å². The van der Waals surface area contributed by atoms with Gasteiger partial charge in [0.15, 0.2) is 0 Å². The third-order valence-corrected chi connectivity index (χ3v) is 4.95. The average Bonchev–Trinajstić information content (AvgIpc) is 2.67. The van der Waals surface area contributed by atoms with Crippen LogP contribution in [0.5, 0.6) is 0 Å². The molecule has 1 nitrogen and oxygen atoms in total. The lowest BCUT2D eigenvalue weighted by Crippen LogP contribution is -2.10. The largest absolute Gasteiger partial charge is 0.261 e. The van der Waals surface area contributed by atoms with Crippen LogP contribution in [0.15, 0.2) is 79.0 Å². The van der Waals surface area contributed by atoms with Crippen molar-refractivity contribution in [1.29, 1.82) is 0 Å². The second-order valence-corrected chi connectivity index (χ2v) is 6.85. The second kappa shape index (κ2) is 8.62. The highest BCUT2D eigenvalue weighted by Gasteiger charge is 2.21. The summed E-state index contributed by atoms with van der Waals surface area (Å²) in [6, 6.07) is 26.1. The maximum Gasteiger partial charge on any atom is 0.0478 e. The Balaban J connectivity index is 1.93. The molecule has 0 radical (unpaired) electrons. The van der Waals surface area contributed by atoms with Crippen molar-refractivity contribution in [2.45, 2.75) is 44.9 Å². The Kier molecular flexibility index (Phi) is 6.00. The molecule has 3 rings (SSSR count). The Morgan fingerprint density at radius 3 is 2.16 bits per heavy atom. The van der Waals surface area contributed by atoms with Crippen molar-refractivity contribution >= 4 is 0 Å². The van der Waals surface area contributed by atoms with Crippen LogP contribution in [0.25, 0.3) is 0 Å². The predicted octanol–water partition coefficient (Wildman–Crippen LogP) is 6.50. The average molecular weight is 329 g/mol. The molecule has 128 valence electrons. The lowest BCUT2D eigenvalue weighted by Gasteiger charge is -2.24. The first-order valence-corrected chi connectivity index (χ1v) is 9.30. The summed E-state index contributed by atoms with van der Waals surface area (Å²) in [5, 5.41) is 0.